The van der Waals surface area contributed by atoms with Crippen molar-refractivity contribution >= 4 is 6.09 Å². The fourth-order valence-electron chi connectivity index (χ4n) is 2.65. The van der Waals surface area contributed by atoms with Crippen LogP contribution in [0.5, 0.6) is 0 Å². The minimum Gasteiger partial charge on any atom is -0.447 e. The Morgan fingerprint density at radius 2 is 1.67 bits per heavy atom. The molecule has 0 unspecified atom stereocenters. The highest BCUT2D eigenvalue weighted by molar-refractivity contribution is 5.69. The van der Waals surface area contributed by atoms with Crippen molar-refractivity contribution in [2.75, 3.05) is 6.61 Å². The molecule has 1 amide bonds. The molecule has 2 atom stereocenters. The summed E-state index contributed by atoms with van der Waals surface area (Å²) in [6, 6.07) is 18.9. The van der Waals surface area contributed by atoms with Crippen LogP contribution >= 0.6 is 0 Å². The van der Waals surface area contributed by atoms with Crippen molar-refractivity contribution < 1.29 is 14.6 Å². The minimum atomic E-state index is -0.728. The van der Waals surface area contributed by atoms with E-state index in [1.165, 1.54) is 0 Å². The number of ether oxygens (including phenoxy) is 1. The second kappa shape index (κ2) is 5.97. The highest BCUT2D eigenvalue weighted by atomic mass is 16.6. The number of nitrogens with zero attached hydrogens (tertiary/aromatic N) is 1. The lowest BCUT2D eigenvalue weighted by Crippen LogP contribution is -2.47. The van der Waals surface area contributed by atoms with Gasteiger partial charge in [-0.2, -0.15) is 0 Å². The summed E-state index contributed by atoms with van der Waals surface area (Å²) in [5, 5.41) is 10.3. The Morgan fingerprint density at radius 1 is 1.05 bits per heavy atom. The van der Waals surface area contributed by atoms with E-state index >= 15 is 0 Å². The summed E-state index contributed by atoms with van der Waals surface area (Å²) in [4.78, 5) is 13.7. The monoisotopic (exact) mass is 283 g/mol. The van der Waals surface area contributed by atoms with Crippen LogP contribution in [0.3, 0.4) is 0 Å². The molecule has 21 heavy (non-hydrogen) atoms. The summed E-state index contributed by atoms with van der Waals surface area (Å²) in [6.45, 7) is 0.444. The van der Waals surface area contributed by atoms with Gasteiger partial charge in [-0.05, 0) is 11.1 Å². The van der Waals surface area contributed by atoms with Gasteiger partial charge in [-0.25, -0.2) is 4.79 Å². The first kappa shape index (κ1) is 13.6. The number of aliphatic hydroxyl groups is 1. The summed E-state index contributed by atoms with van der Waals surface area (Å²) in [6.07, 6.45) is -1.12. The van der Waals surface area contributed by atoms with Crippen molar-refractivity contribution in [1.29, 1.82) is 0 Å². The van der Waals surface area contributed by atoms with Crippen molar-refractivity contribution in [1.82, 2.24) is 4.90 Å². The van der Waals surface area contributed by atoms with Gasteiger partial charge in [-0.15, -0.1) is 0 Å². The van der Waals surface area contributed by atoms with Crippen molar-refractivity contribution in [2.24, 2.45) is 0 Å². The van der Waals surface area contributed by atoms with Gasteiger partial charge in [-0.1, -0.05) is 60.7 Å². The molecule has 1 aliphatic rings. The summed E-state index contributed by atoms with van der Waals surface area (Å²) < 4.78 is 5.06. The van der Waals surface area contributed by atoms with E-state index in [0.29, 0.717) is 6.54 Å². The molecule has 1 N–H and O–H groups in total. The number of cyclic esters (lactones) is 1. The first-order valence-electron chi connectivity index (χ1n) is 6.96. The van der Waals surface area contributed by atoms with E-state index in [1.807, 2.05) is 60.7 Å². The molecule has 0 radical (unpaired) electrons. The Hall–Kier alpha value is -2.33. The zero-order valence-electron chi connectivity index (χ0n) is 11.6. The number of hydrogen-bond acceptors (Lipinski definition) is 3. The molecule has 0 aliphatic carbocycles. The van der Waals surface area contributed by atoms with E-state index in [0.717, 1.165) is 11.1 Å². The zero-order chi connectivity index (χ0) is 14.7. The quantitative estimate of drug-likeness (QED) is 0.942. The highest BCUT2D eigenvalue weighted by Crippen LogP contribution is 2.30. The number of carbonyl (C=O) groups is 1. The van der Waals surface area contributed by atoms with Crippen molar-refractivity contribution in [3.05, 3.63) is 71.8 Å². The Bertz CT molecular complexity index is 600. The van der Waals surface area contributed by atoms with Crippen LogP contribution in [0, 0.1) is 0 Å². The van der Waals surface area contributed by atoms with Gasteiger partial charge in [0.25, 0.3) is 0 Å². The Kier molecular flexibility index (Phi) is 3.88. The van der Waals surface area contributed by atoms with Gasteiger partial charge in [0, 0.05) is 6.54 Å². The molecule has 0 spiro atoms. The summed E-state index contributed by atoms with van der Waals surface area (Å²) in [5.74, 6) is 0. The molecule has 2 aromatic carbocycles. The number of rotatable bonds is 3. The smallest absolute Gasteiger partial charge is 0.410 e. The largest absolute Gasteiger partial charge is 0.447 e. The van der Waals surface area contributed by atoms with Gasteiger partial charge < -0.3 is 9.84 Å². The number of hydrogen-bond donors (Lipinski definition) is 1. The highest BCUT2D eigenvalue weighted by Gasteiger charge is 2.37. The predicted molar refractivity (Wildman–Crippen MR) is 78.5 cm³/mol. The minimum absolute atomic E-state index is 0.0314. The average Bonchev–Trinajstić information content (AvgIpc) is 2.53. The maximum atomic E-state index is 12.1. The Balaban J connectivity index is 1.91. The molecule has 1 aliphatic heterocycles. The van der Waals surface area contributed by atoms with Crippen LogP contribution < -0.4 is 0 Å². The van der Waals surface area contributed by atoms with Crippen LogP contribution in [-0.4, -0.2) is 28.8 Å². The molecule has 3 rings (SSSR count). The van der Waals surface area contributed by atoms with Crippen LogP contribution in [0.25, 0.3) is 0 Å². The molecule has 1 fully saturated rings. The molecule has 4 nitrogen and oxygen atoms in total. The van der Waals surface area contributed by atoms with Gasteiger partial charge in [0.15, 0.2) is 0 Å². The average molecular weight is 283 g/mol. The van der Waals surface area contributed by atoms with E-state index in [9.17, 15) is 9.90 Å². The van der Waals surface area contributed by atoms with Crippen LogP contribution in [0.15, 0.2) is 60.7 Å². The fraction of sp³-hybridized carbons (Fsp3) is 0.235. The topological polar surface area (TPSA) is 49.8 Å². The van der Waals surface area contributed by atoms with Crippen LogP contribution in [0.1, 0.15) is 17.2 Å². The first-order chi connectivity index (χ1) is 10.3. The molecule has 0 saturated carbocycles. The molecule has 108 valence electrons. The number of carbonyl (C=O) groups excluding carboxylic acids is 1. The fourth-order valence-corrected chi connectivity index (χ4v) is 2.65. The predicted octanol–water partition coefficient (Wildman–Crippen LogP) is 2.74. The molecular weight excluding hydrogens is 266 g/mol. The SMILES string of the molecule is O=C1OC[C@@H](O)[C@H](c2ccccc2)N1Cc1ccccc1. The third-order valence-electron chi connectivity index (χ3n) is 3.65. The standard InChI is InChI=1S/C17H17NO3/c19-15-12-21-17(20)18(11-13-7-3-1-4-8-13)16(15)14-9-5-2-6-10-14/h1-10,15-16,19H,11-12H2/t15-,16+/m1/s1. The van der Waals surface area contributed by atoms with Crippen LogP contribution in [0.4, 0.5) is 4.79 Å². The summed E-state index contributed by atoms with van der Waals surface area (Å²) in [5.41, 5.74) is 1.92. The molecule has 0 aromatic heterocycles. The number of amides is 1. The maximum Gasteiger partial charge on any atom is 0.410 e. The van der Waals surface area contributed by atoms with E-state index in [-0.39, 0.29) is 12.6 Å². The molecule has 1 heterocycles. The third-order valence-corrected chi connectivity index (χ3v) is 3.65. The van der Waals surface area contributed by atoms with Crippen molar-refractivity contribution in [3.8, 4) is 0 Å². The van der Waals surface area contributed by atoms with Gasteiger partial charge in [0.1, 0.15) is 12.7 Å². The second-order valence-corrected chi connectivity index (χ2v) is 5.11. The normalized spacial score (nSPS) is 22.0. The molecular formula is C17H17NO3. The summed E-state index contributed by atoms with van der Waals surface area (Å²) in [7, 11) is 0. The lowest BCUT2D eigenvalue weighted by atomic mass is 9.98. The lowest BCUT2D eigenvalue weighted by Gasteiger charge is -2.38. The summed E-state index contributed by atoms with van der Waals surface area (Å²) >= 11 is 0. The van der Waals surface area contributed by atoms with Gasteiger partial charge in [0.05, 0.1) is 6.04 Å². The molecule has 1 saturated heterocycles. The van der Waals surface area contributed by atoms with E-state index in [1.54, 1.807) is 4.90 Å². The first-order valence-corrected chi connectivity index (χ1v) is 6.96. The third kappa shape index (κ3) is 2.90. The number of aliphatic hydroxyl groups excluding tert-OH is 1. The number of benzene rings is 2. The van der Waals surface area contributed by atoms with Crippen molar-refractivity contribution in [2.45, 2.75) is 18.7 Å². The van der Waals surface area contributed by atoms with Gasteiger partial charge >= 0.3 is 6.09 Å². The van der Waals surface area contributed by atoms with E-state index < -0.39 is 12.2 Å². The van der Waals surface area contributed by atoms with Crippen molar-refractivity contribution in [3.63, 3.8) is 0 Å². The van der Waals surface area contributed by atoms with E-state index in [2.05, 4.69) is 0 Å². The molecule has 4 heteroatoms. The van der Waals surface area contributed by atoms with Crippen LogP contribution in [0.2, 0.25) is 0 Å². The maximum absolute atomic E-state index is 12.1. The van der Waals surface area contributed by atoms with Gasteiger partial charge in [0.2, 0.25) is 0 Å². The Morgan fingerprint density at radius 3 is 2.33 bits per heavy atom. The second-order valence-electron chi connectivity index (χ2n) is 5.11. The Labute approximate surface area is 123 Å². The molecule has 0 bridgehead atoms. The zero-order valence-corrected chi connectivity index (χ0v) is 11.6. The van der Waals surface area contributed by atoms with Crippen LogP contribution in [-0.2, 0) is 11.3 Å². The molecule has 2 aromatic rings. The van der Waals surface area contributed by atoms with E-state index in [4.69, 9.17) is 4.74 Å². The van der Waals surface area contributed by atoms with Gasteiger partial charge in [-0.3, -0.25) is 4.90 Å². The lowest BCUT2D eigenvalue weighted by molar-refractivity contribution is -0.0467.